The Bertz CT molecular complexity index is 730. The van der Waals surface area contributed by atoms with Crippen molar-refractivity contribution >= 4 is 0 Å². The van der Waals surface area contributed by atoms with Gasteiger partial charge in [-0.3, -0.25) is 4.79 Å². The summed E-state index contributed by atoms with van der Waals surface area (Å²) in [5.41, 5.74) is 4.79. The molecule has 1 saturated heterocycles. The lowest BCUT2D eigenvalue weighted by atomic mass is 9.83. The van der Waals surface area contributed by atoms with E-state index in [0.717, 1.165) is 30.8 Å². The number of hydrogen-bond acceptors (Lipinski definition) is 2. The van der Waals surface area contributed by atoms with E-state index < -0.39 is 0 Å². The molecule has 108 valence electrons. The Balaban J connectivity index is 1.83. The first kappa shape index (κ1) is 12.8. The fourth-order valence-electron chi connectivity index (χ4n) is 3.72. The first-order valence-corrected chi connectivity index (χ1v) is 7.73. The van der Waals surface area contributed by atoms with Crippen LogP contribution in [-0.2, 0) is 6.54 Å². The number of pyridine rings is 1. The SMILES string of the molecule is Cc1ccc(-c2cc3n(c(=O)c2)CC2CNC[C@@H]3C2)cc1. The summed E-state index contributed by atoms with van der Waals surface area (Å²) >= 11 is 0. The Morgan fingerprint density at radius 2 is 1.90 bits per heavy atom. The maximum atomic E-state index is 12.5. The Morgan fingerprint density at radius 1 is 1.10 bits per heavy atom. The van der Waals surface area contributed by atoms with Crippen LogP contribution in [0.15, 0.2) is 41.2 Å². The zero-order valence-corrected chi connectivity index (χ0v) is 12.3. The van der Waals surface area contributed by atoms with Gasteiger partial charge in [0.15, 0.2) is 0 Å². The molecule has 4 rings (SSSR count). The predicted octanol–water partition coefficient (Wildman–Crippen LogP) is 2.53. The topological polar surface area (TPSA) is 34.0 Å². The Morgan fingerprint density at radius 3 is 2.71 bits per heavy atom. The van der Waals surface area contributed by atoms with E-state index in [4.69, 9.17) is 0 Å². The van der Waals surface area contributed by atoms with Crippen molar-refractivity contribution < 1.29 is 0 Å². The lowest BCUT2D eigenvalue weighted by Gasteiger charge is -2.37. The zero-order valence-electron chi connectivity index (χ0n) is 12.3. The lowest BCUT2D eigenvalue weighted by molar-refractivity contribution is 0.257. The molecule has 0 radical (unpaired) electrons. The number of piperidine rings is 1. The lowest BCUT2D eigenvalue weighted by Crippen LogP contribution is -2.44. The summed E-state index contributed by atoms with van der Waals surface area (Å²) in [6.07, 6.45) is 1.21. The number of nitrogens with one attached hydrogen (secondary N) is 1. The van der Waals surface area contributed by atoms with Gasteiger partial charge in [0.1, 0.15) is 0 Å². The van der Waals surface area contributed by atoms with Crippen LogP contribution in [-0.4, -0.2) is 17.7 Å². The van der Waals surface area contributed by atoms with Crippen LogP contribution in [0.3, 0.4) is 0 Å². The highest BCUT2D eigenvalue weighted by atomic mass is 16.1. The first-order chi connectivity index (χ1) is 10.2. The average molecular weight is 280 g/mol. The highest BCUT2D eigenvalue weighted by Crippen LogP contribution is 2.33. The van der Waals surface area contributed by atoms with E-state index in [1.165, 1.54) is 17.7 Å². The van der Waals surface area contributed by atoms with Gasteiger partial charge in [0.2, 0.25) is 0 Å². The fraction of sp³-hybridized carbons (Fsp3) is 0.389. The standard InChI is InChI=1S/C18H20N2O/c1-12-2-4-14(5-3-12)15-7-17-16-6-13(9-19-10-16)11-20(17)18(21)8-15/h2-5,7-8,13,16,19H,6,9-11H2,1H3/t13?,16-/m0/s1. The van der Waals surface area contributed by atoms with Gasteiger partial charge in [-0.25, -0.2) is 0 Å². The molecule has 1 unspecified atom stereocenters. The van der Waals surface area contributed by atoms with Crippen molar-refractivity contribution in [3.05, 3.63) is 58.0 Å². The molecule has 3 nitrogen and oxygen atoms in total. The van der Waals surface area contributed by atoms with E-state index in [9.17, 15) is 4.79 Å². The van der Waals surface area contributed by atoms with Gasteiger partial charge in [0.05, 0.1) is 0 Å². The highest BCUT2D eigenvalue weighted by Gasteiger charge is 2.31. The molecule has 0 amide bonds. The Hall–Kier alpha value is -1.87. The number of nitrogens with zero attached hydrogens (tertiary/aromatic N) is 1. The van der Waals surface area contributed by atoms with Gasteiger partial charge in [-0.15, -0.1) is 0 Å². The predicted molar refractivity (Wildman–Crippen MR) is 84.6 cm³/mol. The molecule has 1 fully saturated rings. The summed E-state index contributed by atoms with van der Waals surface area (Å²) in [7, 11) is 0. The summed E-state index contributed by atoms with van der Waals surface area (Å²) in [5.74, 6) is 1.09. The molecule has 2 aromatic rings. The van der Waals surface area contributed by atoms with E-state index in [0.29, 0.717) is 11.8 Å². The summed E-state index contributed by atoms with van der Waals surface area (Å²) in [6, 6.07) is 12.4. The van der Waals surface area contributed by atoms with E-state index in [1.807, 2.05) is 4.57 Å². The molecular formula is C18H20N2O. The molecule has 1 N–H and O–H groups in total. The number of rotatable bonds is 1. The third kappa shape index (κ3) is 2.22. The van der Waals surface area contributed by atoms with Crippen molar-refractivity contribution in [2.75, 3.05) is 13.1 Å². The zero-order chi connectivity index (χ0) is 14.4. The Kier molecular flexibility index (Phi) is 2.96. The van der Waals surface area contributed by atoms with Crippen LogP contribution < -0.4 is 10.9 Å². The van der Waals surface area contributed by atoms with Crippen LogP contribution in [0.2, 0.25) is 0 Å². The quantitative estimate of drug-likeness (QED) is 0.871. The molecule has 3 heterocycles. The molecular weight excluding hydrogens is 260 g/mol. The average Bonchev–Trinajstić information content (AvgIpc) is 2.49. The summed E-state index contributed by atoms with van der Waals surface area (Å²) in [4.78, 5) is 12.5. The molecule has 21 heavy (non-hydrogen) atoms. The molecule has 2 atom stereocenters. The van der Waals surface area contributed by atoms with Gasteiger partial charge in [0, 0.05) is 30.8 Å². The largest absolute Gasteiger partial charge is 0.316 e. The smallest absolute Gasteiger partial charge is 0.251 e. The molecule has 2 aliphatic rings. The molecule has 2 aliphatic heterocycles. The molecule has 1 aromatic heterocycles. The molecule has 3 heteroatoms. The molecule has 0 saturated carbocycles. The fourth-order valence-corrected chi connectivity index (χ4v) is 3.72. The number of fused-ring (bicyclic) bond motifs is 4. The van der Waals surface area contributed by atoms with Gasteiger partial charge >= 0.3 is 0 Å². The normalized spacial score (nSPS) is 23.7. The number of benzene rings is 1. The van der Waals surface area contributed by atoms with Crippen LogP contribution in [0.25, 0.3) is 11.1 Å². The van der Waals surface area contributed by atoms with Crippen LogP contribution in [0, 0.1) is 12.8 Å². The van der Waals surface area contributed by atoms with E-state index in [-0.39, 0.29) is 5.56 Å². The molecule has 2 bridgehead atoms. The van der Waals surface area contributed by atoms with Crippen molar-refractivity contribution in [1.82, 2.24) is 9.88 Å². The maximum Gasteiger partial charge on any atom is 0.251 e. The van der Waals surface area contributed by atoms with Gasteiger partial charge in [-0.05, 0) is 43.0 Å². The summed E-state index contributed by atoms with van der Waals surface area (Å²) in [6.45, 7) is 4.99. The monoisotopic (exact) mass is 280 g/mol. The van der Waals surface area contributed by atoms with Crippen LogP contribution >= 0.6 is 0 Å². The van der Waals surface area contributed by atoms with Gasteiger partial charge in [-0.2, -0.15) is 0 Å². The van der Waals surface area contributed by atoms with Crippen LogP contribution in [0.5, 0.6) is 0 Å². The summed E-state index contributed by atoms with van der Waals surface area (Å²) in [5, 5.41) is 3.50. The molecule has 1 aromatic carbocycles. The number of aromatic nitrogens is 1. The highest BCUT2D eigenvalue weighted by molar-refractivity contribution is 5.64. The maximum absolute atomic E-state index is 12.5. The van der Waals surface area contributed by atoms with Gasteiger partial charge in [-0.1, -0.05) is 29.8 Å². The Labute approximate surface area is 124 Å². The third-order valence-electron chi connectivity index (χ3n) is 4.85. The molecule has 0 aliphatic carbocycles. The minimum absolute atomic E-state index is 0.152. The van der Waals surface area contributed by atoms with Crippen molar-refractivity contribution in [2.24, 2.45) is 5.92 Å². The minimum Gasteiger partial charge on any atom is -0.316 e. The van der Waals surface area contributed by atoms with E-state index in [2.05, 4.69) is 42.6 Å². The second-order valence-electron chi connectivity index (χ2n) is 6.44. The minimum atomic E-state index is 0.152. The van der Waals surface area contributed by atoms with Crippen molar-refractivity contribution in [2.45, 2.75) is 25.8 Å². The second kappa shape index (κ2) is 4.85. The van der Waals surface area contributed by atoms with Crippen molar-refractivity contribution in [1.29, 1.82) is 0 Å². The summed E-state index contributed by atoms with van der Waals surface area (Å²) < 4.78 is 2.00. The van der Waals surface area contributed by atoms with Crippen molar-refractivity contribution in [3.63, 3.8) is 0 Å². The van der Waals surface area contributed by atoms with Gasteiger partial charge in [0.25, 0.3) is 5.56 Å². The first-order valence-electron chi connectivity index (χ1n) is 7.73. The van der Waals surface area contributed by atoms with Gasteiger partial charge < -0.3 is 9.88 Å². The number of hydrogen-bond donors (Lipinski definition) is 1. The van der Waals surface area contributed by atoms with Crippen LogP contribution in [0.1, 0.15) is 23.6 Å². The van der Waals surface area contributed by atoms with E-state index in [1.54, 1.807) is 6.07 Å². The second-order valence-corrected chi connectivity index (χ2v) is 6.44. The van der Waals surface area contributed by atoms with E-state index >= 15 is 0 Å². The molecule has 0 spiro atoms. The van der Waals surface area contributed by atoms with Crippen LogP contribution in [0.4, 0.5) is 0 Å². The number of aryl methyl sites for hydroxylation is 1. The van der Waals surface area contributed by atoms with Crippen molar-refractivity contribution in [3.8, 4) is 11.1 Å². The third-order valence-corrected chi connectivity index (χ3v) is 4.85.